The van der Waals surface area contributed by atoms with Crippen LogP contribution in [0.3, 0.4) is 0 Å². The third-order valence-corrected chi connectivity index (χ3v) is 4.82. The van der Waals surface area contributed by atoms with E-state index >= 15 is 0 Å². The molecule has 4 heteroatoms. The van der Waals surface area contributed by atoms with Gasteiger partial charge in [0.1, 0.15) is 0 Å². The number of carboxylic acid groups (broad SMARTS) is 1. The Kier molecular flexibility index (Phi) is 7.76. The molecule has 0 radical (unpaired) electrons. The minimum atomic E-state index is -0.752. The van der Waals surface area contributed by atoms with Gasteiger partial charge in [-0.15, -0.1) is 0 Å². The van der Waals surface area contributed by atoms with Crippen molar-refractivity contribution in [2.24, 2.45) is 11.3 Å². The van der Waals surface area contributed by atoms with Gasteiger partial charge in [-0.05, 0) is 38.0 Å². The van der Waals surface area contributed by atoms with Gasteiger partial charge in [0.25, 0.3) is 0 Å². The van der Waals surface area contributed by atoms with Gasteiger partial charge in [-0.25, -0.2) is 0 Å². The van der Waals surface area contributed by atoms with Crippen molar-refractivity contribution >= 4 is 11.9 Å². The van der Waals surface area contributed by atoms with Crippen LogP contribution in [0.2, 0.25) is 0 Å². The summed E-state index contributed by atoms with van der Waals surface area (Å²) in [6.07, 6.45) is 9.37. The lowest BCUT2D eigenvalue weighted by molar-refractivity contribution is -0.151. The standard InChI is InChI=1S/C17H31NO3/c1-3-4-5-6-7-8-15(19)18-13-17(16(20)21)11-9-14(2)10-12-17/h14H,3-13H2,1-2H3,(H,18,19)(H,20,21). The van der Waals surface area contributed by atoms with Crippen LogP contribution in [0.15, 0.2) is 0 Å². The summed E-state index contributed by atoms with van der Waals surface area (Å²) in [6, 6.07) is 0. The summed E-state index contributed by atoms with van der Waals surface area (Å²) in [7, 11) is 0. The van der Waals surface area contributed by atoms with Crippen molar-refractivity contribution in [1.29, 1.82) is 0 Å². The molecule has 2 N–H and O–H groups in total. The van der Waals surface area contributed by atoms with Crippen molar-refractivity contribution in [2.45, 2.75) is 78.1 Å². The second-order valence-corrected chi connectivity index (χ2v) is 6.71. The molecule has 0 aromatic carbocycles. The molecule has 1 aliphatic rings. The van der Waals surface area contributed by atoms with Crippen LogP contribution in [-0.4, -0.2) is 23.5 Å². The summed E-state index contributed by atoms with van der Waals surface area (Å²) >= 11 is 0. The van der Waals surface area contributed by atoms with Gasteiger partial charge in [0, 0.05) is 13.0 Å². The minimum Gasteiger partial charge on any atom is -0.481 e. The Balaban J connectivity index is 2.30. The highest BCUT2D eigenvalue weighted by molar-refractivity contribution is 5.79. The lowest BCUT2D eigenvalue weighted by Gasteiger charge is -2.35. The Hall–Kier alpha value is -1.06. The first-order valence-corrected chi connectivity index (χ1v) is 8.50. The third-order valence-electron chi connectivity index (χ3n) is 4.82. The first-order chi connectivity index (χ1) is 10.00. The van der Waals surface area contributed by atoms with Crippen LogP contribution < -0.4 is 5.32 Å². The Labute approximate surface area is 128 Å². The number of hydrogen-bond acceptors (Lipinski definition) is 2. The molecule has 4 nitrogen and oxygen atoms in total. The van der Waals surface area contributed by atoms with Crippen LogP contribution in [0.5, 0.6) is 0 Å². The van der Waals surface area contributed by atoms with Gasteiger partial charge < -0.3 is 10.4 Å². The monoisotopic (exact) mass is 297 g/mol. The number of rotatable bonds is 9. The highest BCUT2D eigenvalue weighted by atomic mass is 16.4. The van der Waals surface area contributed by atoms with E-state index in [4.69, 9.17) is 0 Å². The SMILES string of the molecule is CCCCCCCC(=O)NCC1(C(=O)O)CCC(C)CC1. The molecule has 122 valence electrons. The number of amides is 1. The molecule has 0 aromatic heterocycles. The third kappa shape index (κ3) is 6.06. The zero-order valence-electron chi connectivity index (χ0n) is 13.6. The molecule has 1 saturated carbocycles. The Morgan fingerprint density at radius 3 is 2.33 bits per heavy atom. The van der Waals surface area contributed by atoms with Gasteiger partial charge in [0.15, 0.2) is 0 Å². The zero-order chi connectivity index (χ0) is 15.7. The number of nitrogens with one attached hydrogen (secondary N) is 1. The van der Waals surface area contributed by atoms with E-state index in [1.165, 1.54) is 19.3 Å². The fourth-order valence-corrected chi connectivity index (χ4v) is 3.03. The summed E-state index contributed by atoms with van der Waals surface area (Å²) in [4.78, 5) is 23.4. The maximum atomic E-state index is 11.8. The number of aliphatic carboxylic acids is 1. The van der Waals surface area contributed by atoms with E-state index in [-0.39, 0.29) is 5.91 Å². The Morgan fingerprint density at radius 1 is 1.14 bits per heavy atom. The second-order valence-electron chi connectivity index (χ2n) is 6.71. The zero-order valence-corrected chi connectivity index (χ0v) is 13.6. The van der Waals surface area contributed by atoms with Gasteiger partial charge >= 0.3 is 5.97 Å². The van der Waals surface area contributed by atoms with Gasteiger partial charge in [0.2, 0.25) is 5.91 Å². The molecule has 1 fully saturated rings. The molecule has 0 atom stereocenters. The van der Waals surface area contributed by atoms with E-state index in [9.17, 15) is 14.7 Å². The van der Waals surface area contributed by atoms with E-state index < -0.39 is 11.4 Å². The van der Waals surface area contributed by atoms with Crippen LogP contribution >= 0.6 is 0 Å². The van der Waals surface area contributed by atoms with Crippen molar-refractivity contribution in [3.63, 3.8) is 0 Å². The molecule has 0 bridgehead atoms. The highest BCUT2D eigenvalue weighted by Crippen LogP contribution is 2.38. The lowest BCUT2D eigenvalue weighted by atomic mass is 9.71. The molecule has 0 aromatic rings. The van der Waals surface area contributed by atoms with E-state index in [1.54, 1.807) is 0 Å². The van der Waals surface area contributed by atoms with Crippen LogP contribution in [0, 0.1) is 11.3 Å². The average Bonchev–Trinajstić information content (AvgIpc) is 2.46. The quantitative estimate of drug-likeness (QED) is 0.637. The normalized spacial score (nSPS) is 25.5. The average molecular weight is 297 g/mol. The lowest BCUT2D eigenvalue weighted by Crippen LogP contribution is -2.45. The van der Waals surface area contributed by atoms with Gasteiger partial charge in [0.05, 0.1) is 5.41 Å². The van der Waals surface area contributed by atoms with Gasteiger partial charge in [-0.1, -0.05) is 39.5 Å². The van der Waals surface area contributed by atoms with Crippen molar-refractivity contribution < 1.29 is 14.7 Å². The van der Waals surface area contributed by atoms with Crippen molar-refractivity contribution in [3.05, 3.63) is 0 Å². The molecule has 0 aliphatic heterocycles. The molecular formula is C17H31NO3. The number of carbonyl (C=O) groups excluding carboxylic acids is 1. The maximum Gasteiger partial charge on any atom is 0.311 e. The largest absolute Gasteiger partial charge is 0.481 e. The summed E-state index contributed by atoms with van der Waals surface area (Å²) in [6.45, 7) is 4.63. The van der Waals surface area contributed by atoms with Crippen molar-refractivity contribution in [3.8, 4) is 0 Å². The van der Waals surface area contributed by atoms with Crippen molar-refractivity contribution in [1.82, 2.24) is 5.32 Å². The summed E-state index contributed by atoms with van der Waals surface area (Å²) < 4.78 is 0. The predicted octanol–water partition coefficient (Wildman–Crippen LogP) is 3.74. The van der Waals surface area contributed by atoms with Crippen LogP contribution in [0.4, 0.5) is 0 Å². The first kappa shape index (κ1) is 18.0. The minimum absolute atomic E-state index is 0.00532. The number of carbonyl (C=O) groups is 2. The summed E-state index contributed by atoms with van der Waals surface area (Å²) in [5.74, 6) is -0.143. The maximum absolute atomic E-state index is 11.8. The molecule has 1 aliphatic carbocycles. The fourth-order valence-electron chi connectivity index (χ4n) is 3.03. The molecule has 21 heavy (non-hydrogen) atoms. The van der Waals surface area contributed by atoms with Crippen LogP contribution in [0.25, 0.3) is 0 Å². The smallest absolute Gasteiger partial charge is 0.311 e. The topological polar surface area (TPSA) is 66.4 Å². The summed E-state index contributed by atoms with van der Waals surface area (Å²) in [5.41, 5.74) is -0.732. The second kappa shape index (κ2) is 9.06. The van der Waals surface area contributed by atoms with Gasteiger partial charge in [-0.3, -0.25) is 9.59 Å². The number of unbranched alkanes of at least 4 members (excludes halogenated alkanes) is 4. The van der Waals surface area contributed by atoms with E-state index in [2.05, 4.69) is 19.2 Å². The van der Waals surface area contributed by atoms with E-state index in [0.29, 0.717) is 31.7 Å². The number of hydrogen-bond donors (Lipinski definition) is 2. The highest BCUT2D eigenvalue weighted by Gasteiger charge is 2.41. The first-order valence-electron chi connectivity index (χ1n) is 8.50. The molecule has 0 saturated heterocycles. The van der Waals surface area contributed by atoms with Crippen LogP contribution in [-0.2, 0) is 9.59 Å². The Morgan fingerprint density at radius 2 is 1.76 bits per heavy atom. The van der Waals surface area contributed by atoms with E-state index in [1.807, 2.05) is 0 Å². The predicted molar refractivity (Wildman–Crippen MR) is 84.1 cm³/mol. The van der Waals surface area contributed by atoms with Gasteiger partial charge in [-0.2, -0.15) is 0 Å². The molecule has 0 spiro atoms. The molecule has 1 amide bonds. The molecule has 1 rings (SSSR count). The fraction of sp³-hybridized carbons (Fsp3) is 0.882. The van der Waals surface area contributed by atoms with Crippen LogP contribution in [0.1, 0.15) is 78.1 Å². The number of carboxylic acids is 1. The van der Waals surface area contributed by atoms with E-state index in [0.717, 1.165) is 25.7 Å². The summed E-state index contributed by atoms with van der Waals surface area (Å²) in [5, 5.41) is 12.4. The Bertz CT molecular complexity index is 333. The molecule has 0 unspecified atom stereocenters. The molecular weight excluding hydrogens is 266 g/mol. The van der Waals surface area contributed by atoms with Crippen molar-refractivity contribution in [2.75, 3.05) is 6.54 Å². The molecule has 0 heterocycles.